The fourth-order valence-corrected chi connectivity index (χ4v) is 1.96. The van der Waals surface area contributed by atoms with Crippen molar-refractivity contribution >= 4 is 18.1 Å². The molecule has 0 radical (unpaired) electrons. The van der Waals surface area contributed by atoms with Gasteiger partial charge in [-0.1, -0.05) is 19.1 Å². The third-order valence-corrected chi connectivity index (χ3v) is 2.78. The van der Waals surface area contributed by atoms with Gasteiger partial charge in [0.1, 0.15) is 5.75 Å². The first kappa shape index (κ1) is 14.1. The Morgan fingerprint density at radius 2 is 1.94 bits per heavy atom. The molecule has 3 nitrogen and oxygen atoms in total. The van der Waals surface area contributed by atoms with Crippen LogP contribution in [0.25, 0.3) is 0 Å². The molecule has 0 unspecified atom stereocenters. The smallest absolute Gasteiger partial charge is 0.142 e. The number of piperazine rings is 1. The molecule has 0 bridgehead atoms. The van der Waals surface area contributed by atoms with Crippen molar-refractivity contribution in [3.63, 3.8) is 0 Å². The average Bonchev–Trinajstić information content (AvgIpc) is 2.38. The highest BCUT2D eigenvalue weighted by molar-refractivity contribution is 5.85. The van der Waals surface area contributed by atoms with Crippen molar-refractivity contribution in [1.82, 2.24) is 5.32 Å². The predicted molar refractivity (Wildman–Crippen MR) is 74.6 cm³/mol. The van der Waals surface area contributed by atoms with Crippen LogP contribution in [0.3, 0.4) is 0 Å². The molecule has 0 amide bonds. The van der Waals surface area contributed by atoms with Gasteiger partial charge in [-0.2, -0.15) is 0 Å². The summed E-state index contributed by atoms with van der Waals surface area (Å²) >= 11 is 0. The van der Waals surface area contributed by atoms with Crippen molar-refractivity contribution in [2.24, 2.45) is 0 Å². The molecule has 0 aromatic heterocycles. The number of halogens is 1. The number of ether oxygens (including phenoxy) is 1. The number of hydrogen-bond acceptors (Lipinski definition) is 3. The molecule has 1 heterocycles. The molecular weight excluding hydrogens is 236 g/mol. The van der Waals surface area contributed by atoms with E-state index in [1.807, 2.05) is 6.07 Å². The minimum absolute atomic E-state index is 0. The van der Waals surface area contributed by atoms with E-state index in [1.54, 1.807) is 0 Å². The number of para-hydroxylation sites is 2. The summed E-state index contributed by atoms with van der Waals surface area (Å²) in [7, 11) is 0. The molecule has 1 fully saturated rings. The van der Waals surface area contributed by atoms with Crippen LogP contribution in [0.4, 0.5) is 5.69 Å². The molecule has 96 valence electrons. The molecule has 0 spiro atoms. The van der Waals surface area contributed by atoms with Gasteiger partial charge >= 0.3 is 0 Å². The lowest BCUT2D eigenvalue weighted by atomic mass is 10.2. The van der Waals surface area contributed by atoms with E-state index >= 15 is 0 Å². The number of rotatable bonds is 4. The second-order valence-corrected chi connectivity index (χ2v) is 4.05. The van der Waals surface area contributed by atoms with Crippen molar-refractivity contribution in [1.29, 1.82) is 0 Å². The van der Waals surface area contributed by atoms with Crippen LogP contribution in [0.1, 0.15) is 13.3 Å². The molecule has 1 aliphatic rings. The molecule has 0 saturated carbocycles. The standard InChI is InChI=1S/C13H20N2O.ClH/c1-2-11-16-13-6-4-3-5-12(13)15-9-7-14-8-10-15;/h3-6,14H,2,7-11H2,1H3;1H. The number of benzene rings is 1. The van der Waals surface area contributed by atoms with Crippen molar-refractivity contribution in [2.75, 3.05) is 37.7 Å². The zero-order chi connectivity index (χ0) is 11.2. The topological polar surface area (TPSA) is 24.5 Å². The van der Waals surface area contributed by atoms with E-state index in [0.29, 0.717) is 0 Å². The van der Waals surface area contributed by atoms with Gasteiger partial charge in [0.05, 0.1) is 12.3 Å². The summed E-state index contributed by atoms with van der Waals surface area (Å²) in [5.41, 5.74) is 1.23. The molecule has 1 aromatic rings. The monoisotopic (exact) mass is 256 g/mol. The van der Waals surface area contributed by atoms with Crippen molar-refractivity contribution in [3.05, 3.63) is 24.3 Å². The molecule has 17 heavy (non-hydrogen) atoms. The van der Waals surface area contributed by atoms with Crippen molar-refractivity contribution < 1.29 is 4.74 Å². The van der Waals surface area contributed by atoms with E-state index < -0.39 is 0 Å². The highest BCUT2D eigenvalue weighted by Crippen LogP contribution is 2.28. The summed E-state index contributed by atoms with van der Waals surface area (Å²) < 4.78 is 5.78. The largest absolute Gasteiger partial charge is 0.491 e. The Kier molecular flexibility index (Phi) is 6.16. The zero-order valence-electron chi connectivity index (χ0n) is 10.3. The van der Waals surface area contributed by atoms with Gasteiger partial charge in [0, 0.05) is 26.2 Å². The summed E-state index contributed by atoms with van der Waals surface area (Å²) in [5.74, 6) is 1.02. The van der Waals surface area contributed by atoms with E-state index in [4.69, 9.17) is 4.74 Å². The first-order chi connectivity index (χ1) is 7.92. The first-order valence-electron chi connectivity index (χ1n) is 6.09. The fourth-order valence-electron chi connectivity index (χ4n) is 1.96. The molecule has 1 aromatic carbocycles. The van der Waals surface area contributed by atoms with Crippen LogP contribution in [-0.4, -0.2) is 32.8 Å². The summed E-state index contributed by atoms with van der Waals surface area (Å²) in [6.45, 7) is 7.17. The lowest BCUT2D eigenvalue weighted by Crippen LogP contribution is -2.43. The molecule has 4 heteroatoms. The quantitative estimate of drug-likeness (QED) is 0.895. The van der Waals surface area contributed by atoms with Gasteiger partial charge in [-0.3, -0.25) is 0 Å². The lowest BCUT2D eigenvalue weighted by Gasteiger charge is -2.30. The van der Waals surface area contributed by atoms with Gasteiger partial charge in [-0.05, 0) is 18.6 Å². The van der Waals surface area contributed by atoms with Gasteiger partial charge in [-0.15, -0.1) is 12.4 Å². The number of nitrogens with one attached hydrogen (secondary N) is 1. The lowest BCUT2D eigenvalue weighted by molar-refractivity contribution is 0.317. The van der Waals surface area contributed by atoms with E-state index in [2.05, 4.69) is 35.3 Å². The summed E-state index contributed by atoms with van der Waals surface area (Å²) in [4.78, 5) is 2.39. The Morgan fingerprint density at radius 1 is 1.24 bits per heavy atom. The number of hydrogen-bond donors (Lipinski definition) is 1. The normalized spacial score (nSPS) is 15.2. The maximum Gasteiger partial charge on any atom is 0.142 e. The molecule has 1 aliphatic heterocycles. The number of nitrogens with zero attached hydrogens (tertiary/aromatic N) is 1. The Bertz CT molecular complexity index is 327. The zero-order valence-corrected chi connectivity index (χ0v) is 11.1. The number of anilines is 1. The van der Waals surface area contributed by atoms with E-state index in [-0.39, 0.29) is 12.4 Å². The predicted octanol–water partition coefficient (Wildman–Crippen LogP) is 2.31. The molecule has 0 atom stereocenters. The molecule has 2 rings (SSSR count). The molecular formula is C13H21ClN2O. The first-order valence-corrected chi connectivity index (χ1v) is 6.09. The SMILES string of the molecule is CCCOc1ccccc1N1CCNCC1.Cl. The van der Waals surface area contributed by atoms with Crippen LogP contribution < -0.4 is 15.0 Å². The van der Waals surface area contributed by atoms with Crippen LogP contribution >= 0.6 is 12.4 Å². The minimum atomic E-state index is 0. The van der Waals surface area contributed by atoms with Gasteiger partial charge in [-0.25, -0.2) is 0 Å². The Hall–Kier alpha value is -0.930. The fraction of sp³-hybridized carbons (Fsp3) is 0.538. The highest BCUT2D eigenvalue weighted by Gasteiger charge is 2.14. The van der Waals surface area contributed by atoms with E-state index in [9.17, 15) is 0 Å². The summed E-state index contributed by atoms with van der Waals surface area (Å²) in [6.07, 6.45) is 1.05. The van der Waals surface area contributed by atoms with Crippen LogP contribution in [-0.2, 0) is 0 Å². The van der Waals surface area contributed by atoms with Gasteiger partial charge in [0.15, 0.2) is 0 Å². The minimum Gasteiger partial charge on any atom is -0.491 e. The maximum atomic E-state index is 5.78. The molecule has 0 aliphatic carbocycles. The Morgan fingerprint density at radius 3 is 2.65 bits per heavy atom. The van der Waals surface area contributed by atoms with E-state index in [0.717, 1.165) is 45.0 Å². The van der Waals surface area contributed by atoms with Crippen LogP contribution in [0.5, 0.6) is 5.75 Å². The summed E-state index contributed by atoms with van der Waals surface area (Å²) in [6, 6.07) is 8.33. The van der Waals surface area contributed by atoms with Gasteiger partial charge in [0.25, 0.3) is 0 Å². The van der Waals surface area contributed by atoms with Crippen molar-refractivity contribution in [3.8, 4) is 5.75 Å². The maximum absolute atomic E-state index is 5.78. The van der Waals surface area contributed by atoms with Gasteiger partial charge < -0.3 is 15.0 Å². The van der Waals surface area contributed by atoms with Crippen LogP contribution in [0.15, 0.2) is 24.3 Å². The third-order valence-electron chi connectivity index (χ3n) is 2.78. The Balaban J connectivity index is 0.00000144. The Labute approximate surface area is 110 Å². The third kappa shape index (κ3) is 3.79. The van der Waals surface area contributed by atoms with Crippen LogP contribution in [0.2, 0.25) is 0 Å². The second-order valence-electron chi connectivity index (χ2n) is 4.05. The van der Waals surface area contributed by atoms with Crippen LogP contribution in [0, 0.1) is 0 Å². The average molecular weight is 257 g/mol. The molecule has 1 N–H and O–H groups in total. The van der Waals surface area contributed by atoms with E-state index in [1.165, 1.54) is 5.69 Å². The van der Waals surface area contributed by atoms with Gasteiger partial charge in [0.2, 0.25) is 0 Å². The highest BCUT2D eigenvalue weighted by atomic mass is 35.5. The molecule has 1 saturated heterocycles. The second kappa shape index (κ2) is 7.41. The van der Waals surface area contributed by atoms with Crippen molar-refractivity contribution in [2.45, 2.75) is 13.3 Å². The summed E-state index contributed by atoms with van der Waals surface area (Å²) in [5, 5.41) is 3.36.